The van der Waals surface area contributed by atoms with Crippen LogP contribution in [0.4, 0.5) is 0 Å². The maximum atomic E-state index is 12.6. The van der Waals surface area contributed by atoms with Crippen LogP contribution in [-0.4, -0.2) is 46.8 Å². The molecule has 0 aliphatic carbocycles. The van der Waals surface area contributed by atoms with Crippen LogP contribution in [0.15, 0.2) is 58.1 Å². The standard InChI is InChI=1S/C27H30N4O4S/c1-5-17(3)20-9-7-8-10-22(20)34-13-14-35-23-12-11-19(16-24(23)33-6-2)15-21-25(28)31-27(29-26(21)32)36-18(4)30-31/h7-12,15-17,28H,5-6,13-14H2,1-4H3/b21-15+,28-25?/t17-/m0/s1. The van der Waals surface area contributed by atoms with Crippen molar-refractivity contribution in [1.29, 1.82) is 5.41 Å². The fourth-order valence-corrected chi connectivity index (χ4v) is 4.53. The number of nitrogens with zero attached hydrogens (tertiary/aromatic N) is 3. The van der Waals surface area contributed by atoms with Crippen LogP contribution >= 0.6 is 11.8 Å². The van der Waals surface area contributed by atoms with Crippen molar-refractivity contribution in [1.82, 2.24) is 5.01 Å². The van der Waals surface area contributed by atoms with Gasteiger partial charge in [-0.15, -0.1) is 0 Å². The lowest BCUT2D eigenvalue weighted by atomic mass is 9.98. The fourth-order valence-electron chi connectivity index (χ4n) is 3.80. The molecule has 36 heavy (non-hydrogen) atoms. The number of fused-ring (bicyclic) bond motifs is 1. The number of aliphatic imine (C=N–C) groups is 1. The molecule has 2 heterocycles. The highest BCUT2D eigenvalue weighted by Crippen LogP contribution is 2.32. The highest BCUT2D eigenvalue weighted by molar-refractivity contribution is 8.26. The van der Waals surface area contributed by atoms with E-state index in [1.165, 1.54) is 22.3 Å². The second kappa shape index (κ2) is 11.4. The van der Waals surface area contributed by atoms with Crippen molar-refractivity contribution in [3.05, 3.63) is 59.2 Å². The van der Waals surface area contributed by atoms with Gasteiger partial charge < -0.3 is 14.2 Å². The molecule has 2 aliphatic heterocycles. The zero-order valence-electron chi connectivity index (χ0n) is 20.9. The van der Waals surface area contributed by atoms with Crippen LogP contribution in [0, 0.1) is 5.41 Å². The van der Waals surface area contributed by atoms with Gasteiger partial charge in [0.2, 0.25) is 5.17 Å². The third-order valence-corrected chi connectivity index (χ3v) is 6.62. The minimum Gasteiger partial charge on any atom is -0.490 e. The summed E-state index contributed by atoms with van der Waals surface area (Å²) in [5.41, 5.74) is 2.06. The molecule has 9 heteroatoms. The lowest BCUT2D eigenvalue weighted by Crippen LogP contribution is -2.35. The highest BCUT2D eigenvalue weighted by atomic mass is 32.2. The van der Waals surface area contributed by atoms with E-state index < -0.39 is 5.91 Å². The number of thioether (sulfide) groups is 1. The van der Waals surface area contributed by atoms with Gasteiger partial charge in [0, 0.05) is 0 Å². The van der Waals surface area contributed by atoms with Crippen LogP contribution in [0.5, 0.6) is 17.2 Å². The number of ether oxygens (including phenoxy) is 3. The van der Waals surface area contributed by atoms with Crippen LogP contribution < -0.4 is 14.2 Å². The predicted octanol–water partition coefficient (Wildman–Crippen LogP) is 5.70. The number of nitrogens with one attached hydrogen (secondary N) is 1. The molecule has 0 saturated carbocycles. The Balaban J connectivity index is 1.45. The minimum atomic E-state index is -0.461. The lowest BCUT2D eigenvalue weighted by Gasteiger charge is -2.20. The molecule has 1 atom stereocenters. The Hall–Kier alpha value is -3.59. The zero-order valence-corrected chi connectivity index (χ0v) is 21.7. The second-order valence-corrected chi connectivity index (χ2v) is 9.48. The quantitative estimate of drug-likeness (QED) is 0.328. The van der Waals surface area contributed by atoms with Gasteiger partial charge in [0.1, 0.15) is 19.0 Å². The molecule has 0 spiro atoms. The topological polar surface area (TPSA) is 96.6 Å². The predicted molar refractivity (Wildman–Crippen MR) is 144 cm³/mol. The van der Waals surface area contributed by atoms with E-state index in [0.717, 1.165) is 17.2 Å². The molecule has 4 rings (SSSR count). The van der Waals surface area contributed by atoms with Gasteiger partial charge in [-0.05, 0) is 73.4 Å². The fraction of sp³-hybridized carbons (Fsp3) is 0.333. The van der Waals surface area contributed by atoms with Crippen molar-refractivity contribution >= 4 is 39.8 Å². The van der Waals surface area contributed by atoms with Gasteiger partial charge in [-0.2, -0.15) is 15.1 Å². The van der Waals surface area contributed by atoms with Gasteiger partial charge in [0.15, 0.2) is 17.3 Å². The Morgan fingerprint density at radius 1 is 1.06 bits per heavy atom. The van der Waals surface area contributed by atoms with Crippen LogP contribution in [0.25, 0.3) is 6.08 Å². The van der Waals surface area contributed by atoms with Gasteiger partial charge in [-0.25, -0.2) is 0 Å². The summed E-state index contributed by atoms with van der Waals surface area (Å²) in [5.74, 6) is 1.97. The summed E-state index contributed by atoms with van der Waals surface area (Å²) in [5, 5.41) is 15.2. The maximum absolute atomic E-state index is 12.6. The molecule has 8 nitrogen and oxygen atoms in total. The van der Waals surface area contributed by atoms with Crippen molar-refractivity contribution in [2.24, 2.45) is 10.1 Å². The van der Waals surface area contributed by atoms with E-state index in [1.54, 1.807) is 18.2 Å². The van der Waals surface area contributed by atoms with E-state index in [4.69, 9.17) is 19.6 Å². The number of carbonyl (C=O) groups excluding carboxylic acids is 1. The Morgan fingerprint density at radius 2 is 1.81 bits per heavy atom. The number of hydrazone groups is 1. The first kappa shape index (κ1) is 25.5. The number of para-hydroxylation sites is 1. The first-order valence-electron chi connectivity index (χ1n) is 12.0. The molecule has 2 aromatic carbocycles. The molecule has 0 radical (unpaired) electrons. The van der Waals surface area contributed by atoms with Crippen LogP contribution in [0.2, 0.25) is 0 Å². The number of benzene rings is 2. The van der Waals surface area contributed by atoms with Crippen molar-refractivity contribution < 1.29 is 19.0 Å². The van der Waals surface area contributed by atoms with E-state index in [9.17, 15) is 4.79 Å². The van der Waals surface area contributed by atoms with E-state index >= 15 is 0 Å². The molecule has 0 saturated heterocycles. The Labute approximate surface area is 215 Å². The van der Waals surface area contributed by atoms with Gasteiger partial charge in [0.05, 0.1) is 17.2 Å². The first-order chi connectivity index (χ1) is 17.4. The average Bonchev–Trinajstić information content (AvgIpc) is 3.25. The Kier molecular flexibility index (Phi) is 8.10. The SMILES string of the molecule is CCOc1cc(/C=C2\C(=N)N3N=C(C)SC3=NC2=O)ccc1OCCOc1ccccc1[C@@H](C)CC. The zero-order chi connectivity index (χ0) is 25.7. The monoisotopic (exact) mass is 506 g/mol. The molecule has 1 N–H and O–H groups in total. The van der Waals surface area contributed by atoms with Gasteiger partial charge >= 0.3 is 0 Å². The third kappa shape index (κ3) is 5.62. The number of hydrogen-bond donors (Lipinski definition) is 1. The average molecular weight is 507 g/mol. The third-order valence-electron chi connectivity index (χ3n) is 5.79. The summed E-state index contributed by atoms with van der Waals surface area (Å²) in [7, 11) is 0. The summed E-state index contributed by atoms with van der Waals surface area (Å²) < 4.78 is 17.8. The molecule has 0 aromatic heterocycles. The number of hydrogen-bond acceptors (Lipinski definition) is 7. The van der Waals surface area contributed by atoms with Crippen molar-refractivity contribution in [2.75, 3.05) is 19.8 Å². The van der Waals surface area contributed by atoms with Gasteiger partial charge in [-0.1, -0.05) is 38.1 Å². The Bertz CT molecular complexity index is 1250. The maximum Gasteiger partial charge on any atom is 0.283 e. The summed E-state index contributed by atoms with van der Waals surface area (Å²) in [6.07, 6.45) is 2.67. The normalized spacial score (nSPS) is 17.0. The summed E-state index contributed by atoms with van der Waals surface area (Å²) in [4.78, 5) is 16.6. The molecular weight excluding hydrogens is 476 g/mol. The number of rotatable bonds is 10. The smallest absolute Gasteiger partial charge is 0.283 e. The minimum absolute atomic E-state index is 0.00228. The van der Waals surface area contributed by atoms with Crippen LogP contribution in [0.1, 0.15) is 51.2 Å². The summed E-state index contributed by atoms with van der Waals surface area (Å²) in [6, 6.07) is 13.5. The number of amidine groups is 2. The van der Waals surface area contributed by atoms with E-state index in [2.05, 4.69) is 30.0 Å². The second-order valence-electron chi connectivity index (χ2n) is 8.32. The molecule has 0 bridgehead atoms. The Morgan fingerprint density at radius 3 is 2.56 bits per heavy atom. The molecular formula is C27H30N4O4S. The lowest BCUT2D eigenvalue weighted by molar-refractivity contribution is -0.114. The largest absolute Gasteiger partial charge is 0.490 e. The molecule has 188 valence electrons. The van der Waals surface area contributed by atoms with Crippen LogP contribution in [0.3, 0.4) is 0 Å². The van der Waals surface area contributed by atoms with Crippen molar-refractivity contribution in [3.63, 3.8) is 0 Å². The van der Waals surface area contributed by atoms with Crippen molar-refractivity contribution in [3.8, 4) is 17.2 Å². The summed E-state index contributed by atoms with van der Waals surface area (Å²) >= 11 is 1.28. The number of amides is 1. The number of carbonyl (C=O) groups is 1. The van der Waals surface area contributed by atoms with E-state index in [1.807, 2.05) is 38.1 Å². The highest BCUT2D eigenvalue weighted by Gasteiger charge is 2.34. The molecule has 2 aliphatic rings. The van der Waals surface area contributed by atoms with E-state index in [0.29, 0.717) is 48.0 Å². The van der Waals surface area contributed by atoms with Crippen molar-refractivity contribution in [2.45, 2.75) is 40.0 Å². The first-order valence-corrected chi connectivity index (χ1v) is 12.8. The molecule has 1 amide bonds. The van der Waals surface area contributed by atoms with E-state index in [-0.39, 0.29) is 11.4 Å². The molecule has 0 unspecified atom stereocenters. The van der Waals surface area contributed by atoms with Gasteiger partial charge in [0.25, 0.3) is 5.91 Å². The summed E-state index contributed by atoms with van der Waals surface area (Å²) in [6.45, 7) is 9.26. The molecule has 0 fully saturated rings. The molecule has 2 aromatic rings. The van der Waals surface area contributed by atoms with Gasteiger partial charge in [-0.3, -0.25) is 10.2 Å². The van der Waals surface area contributed by atoms with Crippen LogP contribution in [-0.2, 0) is 4.79 Å².